The van der Waals surface area contributed by atoms with Crippen LogP contribution in [0.1, 0.15) is 29.9 Å². The molecule has 0 saturated carbocycles. The minimum absolute atomic E-state index is 0.0280. The number of amides is 1. The summed E-state index contributed by atoms with van der Waals surface area (Å²) in [7, 11) is 1.91. The van der Waals surface area contributed by atoms with Crippen LogP contribution in [0.5, 0.6) is 0 Å². The van der Waals surface area contributed by atoms with Gasteiger partial charge in [-0.05, 0) is 24.8 Å². The van der Waals surface area contributed by atoms with Gasteiger partial charge in [-0.15, -0.1) is 11.3 Å². The number of thiophene rings is 1. The minimum Gasteiger partial charge on any atom is -0.373 e. The second-order valence-electron chi connectivity index (χ2n) is 6.21. The third kappa shape index (κ3) is 4.23. The van der Waals surface area contributed by atoms with E-state index in [1.807, 2.05) is 43.9 Å². The van der Waals surface area contributed by atoms with Crippen molar-refractivity contribution in [2.75, 3.05) is 13.2 Å². The molecule has 0 radical (unpaired) electrons. The van der Waals surface area contributed by atoms with Gasteiger partial charge in [0.2, 0.25) is 5.91 Å². The molecule has 0 aliphatic carbocycles. The topological polar surface area (TPSA) is 68.2 Å². The Kier molecular flexibility index (Phi) is 5.65. The van der Waals surface area contributed by atoms with Gasteiger partial charge in [0.25, 0.3) is 0 Å². The van der Waals surface area contributed by atoms with E-state index in [1.54, 1.807) is 16.0 Å². The molecule has 0 bridgehead atoms. The lowest BCUT2D eigenvalue weighted by molar-refractivity contribution is -0.123. The second-order valence-corrected chi connectivity index (χ2v) is 7.25. The maximum Gasteiger partial charge on any atom is 0.237 e. The van der Waals surface area contributed by atoms with Crippen LogP contribution in [0.3, 0.4) is 0 Å². The van der Waals surface area contributed by atoms with Gasteiger partial charge >= 0.3 is 0 Å². The molecular weight excluding hydrogens is 324 g/mol. The van der Waals surface area contributed by atoms with Crippen molar-refractivity contribution >= 4 is 17.2 Å². The highest BCUT2D eigenvalue weighted by atomic mass is 32.1. The molecule has 3 heterocycles. The first-order valence-corrected chi connectivity index (χ1v) is 9.15. The summed E-state index contributed by atoms with van der Waals surface area (Å²) >= 11 is 1.65. The van der Waals surface area contributed by atoms with E-state index in [0.717, 1.165) is 30.0 Å². The van der Waals surface area contributed by atoms with Crippen LogP contribution >= 0.6 is 11.3 Å². The van der Waals surface area contributed by atoms with Gasteiger partial charge in [0.15, 0.2) is 0 Å². The molecule has 1 aliphatic rings. The van der Waals surface area contributed by atoms with E-state index in [2.05, 4.69) is 15.7 Å². The average molecular weight is 348 g/mol. The third-order valence-corrected chi connectivity index (χ3v) is 5.24. The van der Waals surface area contributed by atoms with E-state index >= 15 is 0 Å². The number of nitrogens with one attached hydrogen (secondary N) is 2. The predicted molar refractivity (Wildman–Crippen MR) is 93.6 cm³/mol. The highest BCUT2D eigenvalue weighted by molar-refractivity contribution is 7.09. The Morgan fingerprint density at radius 3 is 3.17 bits per heavy atom. The zero-order chi connectivity index (χ0) is 16.9. The van der Waals surface area contributed by atoms with Gasteiger partial charge < -0.3 is 15.4 Å². The number of nitrogens with zero attached hydrogens (tertiary/aromatic N) is 2. The smallest absolute Gasteiger partial charge is 0.237 e. The summed E-state index contributed by atoms with van der Waals surface area (Å²) in [6, 6.07) is 3.80. The van der Waals surface area contributed by atoms with Crippen molar-refractivity contribution in [1.82, 2.24) is 20.4 Å². The molecule has 1 saturated heterocycles. The summed E-state index contributed by atoms with van der Waals surface area (Å²) in [6.45, 7) is 4.00. The van der Waals surface area contributed by atoms with Crippen molar-refractivity contribution in [3.05, 3.63) is 40.3 Å². The summed E-state index contributed by atoms with van der Waals surface area (Å²) in [5, 5.41) is 12.6. The van der Waals surface area contributed by atoms with Gasteiger partial charge in [0.1, 0.15) is 0 Å². The molecule has 7 heteroatoms. The Morgan fingerprint density at radius 2 is 2.46 bits per heavy atom. The largest absolute Gasteiger partial charge is 0.373 e. The minimum atomic E-state index is -0.222. The first kappa shape index (κ1) is 17.1. The van der Waals surface area contributed by atoms with Crippen LogP contribution in [0.15, 0.2) is 29.9 Å². The van der Waals surface area contributed by atoms with Crippen molar-refractivity contribution in [2.24, 2.45) is 13.0 Å². The van der Waals surface area contributed by atoms with Gasteiger partial charge in [0, 0.05) is 42.8 Å². The van der Waals surface area contributed by atoms with E-state index in [4.69, 9.17) is 4.74 Å². The van der Waals surface area contributed by atoms with Crippen molar-refractivity contribution in [1.29, 1.82) is 0 Å². The summed E-state index contributed by atoms with van der Waals surface area (Å²) in [5.74, 6) is 0.391. The zero-order valence-electron chi connectivity index (χ0n) is 14.1. The Bertz CT molecular complexity index is 655. The Labute approximate surface area is 146 Å². The lowest BCUT2D eigenvalue weighted by Gasteiger charge is -2.20. The monoisotopic (exact) mass is 348 g/mol. The van der Waals surface area contributed by atoms with Crippen LogP contribution in [0.4, 0.5) is 0 Å². The second kappa shape index (κ2) is 7.92. The quantitative estimate of drug-likeness (QED) is 0.801. The van der Waals surface area contributed by atoms with E-state index in [-0.39, 0.29) is 18.1 Å². The van der Waals surface area contributed by atoms with Crippen molar-refractivity contribution in [2.45, 2.75) is 32.0 Å². The standard InChI is InChI=1S/C17H24N4O2S/c1-12(17(22)19-10-15-4-3-7-24-15)18-8-13-5-6-23-16(13)14-9-20-21(2)11-14/h3-4,7,9,11-13,16,18H,5-6,8,10H2,1-2H3,(H,19,22)/t12-,13+,16+/m0/s1. The Hall–Kier alpha value is -1.70. The van der Waals surface area contributed by atoms with E-state index < -0.39 is 0 Å². The van der Waals surface area contributed by atoms with Gasteiger partial charge in [0.05, 0.1) is 24.9 Å². The number of ether oxygens (including phenoxy) is 1. The molecular formula is C17H24N4O2S. The lowest BCUT2D eigenvalue weighted by Crippen LogP contribution is -2.43. The van der Waals surface area contributed by atoms with Crippen LogP contribution in [0.25, 0.3) is 0 Å². The maximum absolute atomic E-state index is 12.2. The Morgan fingerprint density at radius 1 is 1.58 bits per heavy atom. The van der Waals surface area contributed by atoms with Crippen LogP contribution in [0, 0.1) is 5.92 Å². The van der Waals surface area contributed by atoms with Crippen LogP contribution in [-0.2, 0) is 23.1 Å². The molecule has 24 heavy (non-hydrogen) atoms. The molecule has 2 aromatic heterocycles. The molecule has 0 spiro atoms. The van der Waals surface area contributed by atoms with E-state index in [0.29, 0.717) is 12.5 Å². The number of rotatable bonds is 7. The fraction of sp³-hybridized carbons (Fsp3) is 0.529. The number of hydrogen-bond acceptors (Lipinski definition) is 5. The fourth-order valence-electron chi connectivity index (χ4n) is 2.96. The number of carbonyl (C=O) groups excluding carboxylic acids is 1. The lowest BCUT2D eigenvalue weighted by atomic mass is 9.97. The van der Waals surface area contributed by atoms with Gasteiger partial charge in [-0.3, -0.25) is 9.48 Å². The first-order valence-electron chi connectivity index (χ1n) is 8.27. The highest BCUT2D eigenvalue weighted by Crippen LogP contribution is 2.33. The maximum atomic E-state index is 12.2. The average Bonchev–Trinajstić information content (AvgIpc) is 3.31. The van der Waals surface area contributed by atoms with Gasteiger partial charge in [-0.2, -0.15) is 5.10 Å². The molecule has 2 N–H and O–H groups in total. The van der Waals surface area contributed by atoms with Gasteiger partial charge in [-0.1, -0.05) is 6.07 Å². The third-order valence-electron chi connectivity index (χ3n) is 4.36. The molecule has 3 atom stereocenters. The molecule has 3 rings (SSSR count). The SMILES string of the molecule is C[C@H](NC[C@H]1CCO[C@H]1c1cnn(C)c1)C(=O)NCc1cccs1. The molecule has 130 valence electrons. The van der Waals surface area contributed by atoms with Crippen molar-refractivity contribution < 1.29 is 9.53 Å². The summed E-state index contributed by atoms with van der Waals surface area (Å²) in [4.78, 5) is 13.3. The summed E-state index contributed by atoms with van der Waals surface area (Å²) < 4.78 is 7.66. The van der Waals surface area contributed by atoms with Crippen molar-refractivity contribution in [3.8, 4) is 0 Å². The summed E-state index contributed by atoms with van der Waals surface area (Å²) in [5.41, 5.74) is 1.11. The van der Waals surface area contributed by atoms with Gasteiger partial charge in [-0.25, -0.2) is 0 Å². The normalized spacial score (nSPS) is 21.8. The van der Waals surface area contributed by atoms with Crippen molar-refractivity contribution in [3.63, 3.8) is 0 Å². The zero-order valence-corrected chi connectivity index (χ0v) is 14.9. The molecule has 2 aromatic rings. The van der Waals surface area contributed by atoms with E-state index in [9.17, 15) is 4.79 Å². The Balaban J connectivity index is 1.46. The molecule has 1 aliphatic heterocycles. The molecule has 0 unspecified atom stereocenters. The molecule has 1 fully saturated rings. The van der Waals surface area contributed by atoms with Crippen LogP contribution < -0.4 is 10.6 Å². The molecule has 6 nitrogen and oxygen atoms in total. The molecule has 1 amide bonds. The number of aromatic nitrogens is 2. The number of aryl methyl sites for hydroxylation is 1. The first-order chi connectivity index (χ1) is 11.6. The number of hydrogen-bond donors (Lipinski definition) is 2. The van der Waals surface area contributed by atoms with Crippen LogP contribution in [-0.4, -0.2) is 34.9 Å². The van der Waals surface area contributed by atoms with E-state index in [1.165, 1.54) is 0 Å². The highest BCUT2D eigenvalue weighted by Gasteiger charge is 2.31. The fourth-order valence-corrected chi connectivity index (χ4v) is 3.60. The summed E-state index contributed by atoms with van der Waals surface area (Å²) in [6.07, 6.45) is 4.92. The molecule has 0 aromatic carbocycles. The predicted octanol–water partition coefficient (Wildman–Crippen LogP) is 1.85. The van der Waals surface area contributed by atoms with Crippen LogP contribution in [0.2, 0.25) is 0 Å². The number of carbonyl (C=O) groups is 1.